The van der Waals surface area contributed by atoms with Crippen LogP contribution in [0.25, 0.3) is 0 Å². The quantitative estimate of drug-likeness (QED) is 0.503. The molecule has 0 bridgehead atoms. The van der Waals surface area contributed by atoms with Crippen LogP contribution in [-0.2, 0) is 6.15 Å². The van der Waals surface area contributed by atoms with Crippen molar-refractivity contribution in [2.75, 3.05) is 0 Å². The second-order valence-corrected chi connectivity index (χ2v) is 3.96. The van der Waals surface area contributed by atoms with Gasteiger partial charge in [0.25, 0.3) is 0 Å². The third-order valence-corrected chi connectivity index (χ3v) is 3.11. The average Bonchev–Trinajstić information content (AvgIpc) is 1.85. The van der Waals surface area contributed by atoms with E-state index >= 15 is 0 Å². The Morgan fingerprint density at radius 2 is 1.62 bits per heavy atom. The topological polar surface area (TPSA) is 58.9 Å². The molecule has 1 heterocycles. The van der Waals surface area contributed by atoms with E-state index in [2.05, 4.69) is 6.15 Å². The second-order valence-electron chi connectivity index (χ2n) is 1.25. The van der Waals surface area contributed by atoms with Crippen molar-refractivity contribution in [3.63, 3.8) is 0 Å². The molecule has 0 aromatic rings. The molecule has 2 N–H and O–H groups in total. The first-order valence-corrected chi connectivity index (χ1v) is 5.33. The number of hydrogen-bond donors (Lipinski definition) is 2. The van der Waals surface area contributed by atoms with Crippen LogP contribution in [0.5, 0.6) is 0 Å². The fourth-order valence-electron chi connectivity index (χ4n) is 0.334. The van der Waals surface area contributed by atoms with E-state index < -0.39 is 33.7 Å². The first-order chi connectivity index (χ1) is 3.70. The molecule has 1 saturated heterocycles. The maximum absolute atomic E-state index is 11.9. The van der Waals surface area contributed by atoms with E-state index in [0.717, 1.165) is 0 Å². The van der Waals surface area contributed by atoms with Gasteiger partial charge in [-0.15, -0.1) is 0 Å². The minimum atomic E-state index is -3.65. The summed E-state index contributed by atoms with van der Waals surface area (Å²) in [5.74, 6) is 0. The van der Waals surface area contributed by atoms with Crippen molar-refractivity contribution in [2.24, 2.45) is 0 Å². The van der Waals surface area contributed by atoms with Crippen LogP contribution >= 0.6 is 0 Å². The van der Waals surface area contributed by atoms with Crippen LogP contribution in [0.2, 0.25) is 0 Å². The number of aliphatic hydroxyl groups excluding tert-OH is 2. The summed E-state index contributed by atoms with van der Waals surface area (Å²) in [6.45, 7) is 0. The number of rotatable bonds is 0. The van der Waals surface area contributed by atoms with Crippen LogP contribution in [0.3, 0.4) is 0 Å². The summed E-state index contributed by atoms with van der Waals surface area (Å²) in [6, 6.07) is 0. The van der Waals surface area contributed by atoms with E-state index in [1.807, 2.05) is 0 Å². The number of halogens is 1. The van der Waals surface area contributed by atoms with E-state index in [1.54, 1.807) is 0 Å². The third kappa shape index (κ3) is 1.29. The van der Waals surface area contributed by atoms with Gasteiger partial charge in [0.15, 0.2) is 0 Å². The summed E-state index contributed by atoms with van der Waals surface area (Å²) in [4.78, 5) is 0. The van der Waals surface area contributed by atoms with Crippen LogP contribution in [0.1, 0.15) is 0 Å². The van der Waals surface area contributed by atoms with Crippen LogP contribution in [0.4, 0.5) is 2.87 Å². The van der Waals surface area contributed by atoms with Crippen molar-refractivity contribution in [3.05, 3.63) is 0 Å². The Hall–Kier alpha value is 0.569. The molecule has 2 unspecified atom stereocenters. The van der Waals surface area contributed by atoms with Gasteiger partial charge >= 0.3 is 53.0 Å². The molecular weight excluding hydrogens is 226 g/mol. The summed E-state index contributed by atoms with van der Waals surface area (Å²) in [5.41, 5.74) is 0. The molecule has 0 aliphatic carbocycles. The van der Waals surface area contributed by atoms with Crippen molar-refractivity contribution >= 4 is 21.2 Å². The summed E-state index contributed by atoms with van der Waals surface area (Å²) in [6.07, 6.45) is -2.93. The molecule has 6 heteroatoms. The molecule has 1 fully saturated rings. The van der Waals surface area contributed by atoms with Crippen molar-refractivity contribution < 1.29 is 19.2 Å². The van der Waals surface area contributed by atoms with E-state index in [4.69, 9.17) is 10.2 Å². The molecule has 2 atom stereocenters. The van der Waals surface area contributed by atoms with Crippen LogP contribution < -0.4 is 0 Å². The molecule has 1 radical (unpaired) electrons. The van der Waals surface area contributed by atoms with E-state index in [0.29, 0.717) is 0 Å². The van der Waals surface area contributed by atoms with Gasteiger partial charge < -0.3 is 0 Å². The van der Waals surface area contributed by atoms with E-state index in [1.165, 1.54) is 0 Å². The van der Waals surface area contributed by atoms with Gasteiger partial charge in [0.2, 0.25) is 0 Å². The van der Waals surface area contributed by atoms with Gasteiger partial charge in [-0.25, -0.2) is 0 Å². The zero-order valence-electron chi connectivity index (χ0n) is 3.74. The first-order valence-electron chi connectivity index (χ1n) is 1.92. The van der Waals surface area contributed by atoms with Crippen molar-refractivity contribution in [2.45, 2.75) is 12.6 Å². The minimum absolute atomic E-state index is 1.46. The van der Waals surface area contributed by atoms with Crippen molar-refractivity contribution in [3.8, 4) is 0 Å². The maximum atomic E-state index is 11.9. The normalized spacial score (nSPS) is 40.9. The molecule has 8 heavy (non-hydrogen) atoms. The fraction of sp³-hybridized carbons (Fsp3) is 1.00. The molecular formula is C2H4FO4Sn. The average molecular weight is 230 g/mol. The van der Waals surface area contributed by atoms with Crippen LogP contribution in [0, 0.1) is 0 Å². The van der Waals surface area contributed by atoms with Crippen LogP contribution in [-0.4, -0.2) is 44.0 Å². The van der Waals surface area contributed by atoms with Gasteiger partial charge in [-0.3, -0.25) is 0 Å². The van der Waals surface area contributed by atoms with Gasteiger partial charge in [0, 0.05) is 0 Å². The first kappa shape index (κ1) is 6.69. The number of hydrogen-bond acceptors (Lipinski definition) is 4. The predicted molar refractivity (Wildman–Crippen MR) is 21.0 cm³/mol. The molecule has 0 amide bonds. The molecule has 1 aliphatic heterocycles. The Bertz CT molecular complexity index is 80.1. The Kier molecular flexibility index (Phi) is 2.04. The molecule has 47 valence electrons. The van der Waals surface area contributed by atoms with Crippen molar-refractivity contribution in [1.82, 2.24) is 0 Å². The van der Waals surface area contributed by atoms with E-state index in [-0.39, 0.29) is 0 Å². The van der Waals surface area contributed by atoms with Gasteiger partial charge in [0.1, 0.15) is 0 Å². The predicted octanol–water partition coefficient (Wildman–Crippen LogP) is -1.38. The molecule has 0 spiro atoms. The Morgan fingerprint density at radius 3 is 1.75 bits per heavy atom. The second kappa shape index (κ2) is 2.44. The molecule has 0 saturated carbocycles. The Balaban J connectivity index is 2.39. The monoisotopic (exact) mass is 231 g/mol. The van der Waals surface area contributed by atoms with Crippen molar-refractivity contribution in [1.29, 1.82) is 0 Å². The SMILES string of the molecule is OC1[O][Sn]([F])[O]C1O. The van der Waals surface area contributed by atoms with Crippen LogP contribution in [0.15, 0.2) is 0 Å². The fourth-order valence-corrected chi connectivity index (χ4v) is 2.24. The molecule has 1 rings (SSSR count). The molecule has 4 nitrogen and oxygen atoms in total. The van der Waals surface area contributed by atoms with Gasteiger partial charge in [0.05, 0.1) is 0 Å². The van der Waals surface area contributed by atoms with Gasteiger partial charge in [-0.2, -0.15) is 0 Å². The summed E-state index contributed by atoms with van der Waals surface area (Å²) >= 11 is -3.65. The van der Waals surface area contributed by atoms with Gasteiger partial charge in [-0.05, 0) is 0 Å². The molecule has 0 aromatic carbocycles. The zero-order valence-corrected chi connectivity index (χ0v) is 6.60. The molecule has 0 aromatic heterocycles. The summed E-state index contributed by atoms with van der Waals surface area (Å²) in [5, 5.41) is 16.8. The standard InChI is InChI=1S/C2H4O4.FH.Sn/c3-1(4)2(5)6;;/h1-3,5H;1H;/q-2;;+3/p-1. The van der Waals surface area contributed by atoms with Gasteiger partial charge in [-0.1, -0.05) is 0 Å². The summed E-state index contributed by atoms with van der Waals surface area (Å²) in [7, 11) is 0. The third-order valence-electron chi connectivity index (χ3n) is 0.671. The van der Waals surface area contributed by atoms with E-state index in [9.17, 15) is 2.87 Å². The Labute approximate surface area is 53.4 Å². The molecule has 1 aliphatic rings. The Morgan fingerprint density at radius 1 is 1.25 bits per heavy atom. The summed E-state index contributed by atoms with van der Waals surface area (Å²) < 4.78 is 20.0. The zero-order chi connectivity index (χ0) is 6.15. The number of aliphatic hydroxyl groups is 2.